The van der Waals surface area contributed by atoms with Gasteiger partial charge >= 0.3 is 0 Å². The maximum Gasteiger partial charge on any atom is 0.137 e. The molecule has 2 aromatic carbocycles. The number of aromatic amines is 1. The molecule has 0 unspecified atom stereocenters. The summed E-state index contributed by atoms with van der Waals surface area (Å²) in [5.41, 5.74) is 8.06. The van der Waals surface area contributed by atoms with E-state index in [2.05, 4.69) is 64.7 Å². The van der Waals surface area contributed by atoms with E-state index in [1.807, 2.05) is 24.3 Å². The fraction of sp³-hybridized carbons (Fsp3) is 0.364. The van der Waals surface area contributed by atoms with Crippen LogP contribution in [0.5, 0.6) is 5.75 Å². The number of hydrogen-bond donors (Lipinski definition) is 1. The van der Waals surface area contributed by atoms with Crippen molar-refractivity contribution in [2.24, 2.45) is 0 Å². The lowest BCUT2D eigenvalue weighted by Crippen LogP contribution is -2.48. The third kappa shape index (κ3) is 5.44. The summed E-state index contributed by atoms with van der Waals surface area (Å²) in [5, 5.41) is 10.00. The van der Waals surface area contributed by atoms with Crippen molar-refractivity contribution in [1.29, 1.82) is 5.26 Å². The lowest BCUT2D eigenvalue weighted by Gasteiger charge is -2.34. The third-order valence-electron chi connectivity index (χ3n) is 8.16. The average Bonchev–Trinajstić information content (AvgIpc) is 3.58. The molecule has 3 saturated heterocycles. The summed E-state index contributed by atoms with van der Waals surface area (Å²) in [6, 6.07) is 19.7. The van der Waals surface area contributed by atoms with Crippen LogP contribution in [0.15, 0.2) is 67.3 Å². The second kappa shape index (κ2) is 11.7. The Labute approximate surface area is 236 Å². The van der Waals surface area contributed by atoms with Crippen LogP contribution in [0.1, 0.15) is 28.8 Å². The highest BCUT2D eigenvalue weighted by Gasteiger charge is 2.33. The number of nitriles is 1. The van der Waals surface area contributed by atoms with Gasteiger partial charge in [0.05, 0.1) is 38.0 Å². The fourth-order valence-electron chi connectivity index (χ4n) is 5.81. The van der Waals surface area contributed by atoms with E-state index in [4.69, 9.17) is 14.2 Å². The van der Waals surface area contributed by atoms with E-state index in [-0.39, 0.29) is 6.10 Å². The summed E-state index contributed by atoms with van der Waals surface area (Å²) in [6.07, 6.45) is 4.86. The summed E-state index contributed by atoms with van der Waals surface area (Å²) in [4.78, 5) is 8.36. The van der Waals surface area contributed by atoms with Crippen LogP contribution in [0.3, 0.4) is 0 Å². The number of rotatable bonds is 8. The van der Waals surface area contributed by atoms with Gasteiger partial charge in [-0.3, -0.25) is 4.90 Å². The Morgan fingerprint density at radius 3 is 2.58 bits per heavy atom. The van der Waals surface area contributed by atoms with Crippen LogP contribution in [0.25, 0.3) is 16.8 Å². The number of aromatic nitrogens is 1. The van der Waals surface area contributed by atoms with Crippen molar-refractivity contribution in [3.63, 3.8) is 0 Å². The molecule has 0 aliphatic carbocycles. The molecule has 0 saturated carbocycles. The standard InChI is InChI=1S/C33H36N4O3/c1-3-4-30(25-7-10-33(26(17-25)19-34)40-29-11-12-37(20-29)28-21-39-22-28)31-18-32(35-23(31)2)24-5-8-27(9-6-24)36-13-15-38-16-14-36/h3-10,17-18,28-29,35H,1,11-16,20-22H2,2H3/b30-4-/t29-/m1/s1. The van der Waals surface area contributed by atoms with Crippen molar-refractivity contribution in [3.8, 4) is 23.1 Å². The van der Waals surface area contributed by atoms with Crippen molar-refractivity contribution in [2.75, 3.05) is 57.5 Å². The van der Waals surface area contributed by atoms with E-state index >= 15 is 0 Å². The topological polar surface area (TPSA) is 73.8 Å². The molecule has 0 radical (unpaired) electrons. The monoisotopic (exact) mass is 536 g/mol. The molecular formula is C33H36N4O3. The first kappa shape index (κ1) is 26.4. The first-order valence-electron chi connectivity index (χ1n) is 14.1. The average molecular weight is 537 g/mol. The Morgan fingerprint density at radius 1 is 1.07 bits per heavy atom. The number of aryl methyl sites for hydroxylation is 1. The van der Waals surface area contributed by atoms with Crippen LogP contribution in [0, 0.1) is 18.3 Å². The Hall–Kier alpha value is -3.83. The number of hydrogen-bond acceptors (Lipinski definition) is 6. The number of ether oxygens (including phenoxy) is 3. The molecule has 4 heterocycles. The Balaban J connectivity index is 1.21. The number of nitrogens with one attached hydrogen (secondary N) is 1. The van der Waals surface area contributed by atoms with Gasteiger partial charge in [0, 0.05) is 48.8 Å². The number of morpholine rings is 1. The molecular weight excluding hydrogens is 500 g/mol. The first-order valence-corrected chi connectivity index (χ1v) is 14.1. The number of allylic oxidation sites excluding steroid dienone is 2. The first-order chi connectivity index (χ1) is 19.6. The van der Waals surface area contributed by atoms with E-state index < -0.39 is 0 Å². The van der Waals surface area contributed by atoms with Crippen molar-refractivity contribution in [1.82, 2.24) is 9.88 Å². The minimum absolute atomic E-state index is 0.0887. The second-order valence-corrected chi connectivity index (χ2v) is 10.7. The molecule has 1 N–H and O–H groups in total. The summed E-state index contributed by atoms with van der Waals surface area (Å²) in [5.74, 6) is 0.646. The molecule has 1 atom stereocenters. The van der Waals surface area contributed by atoms with E-state index in [0.717, 1.165) is 92.7 Å². The third-order valence-corrected chi connectivity index (χ3v) is 8.16. The number of nitrogens with zero attached hydrogens (tertiary/aromatic N) is 3. The molecule has 3 aliphatic rings. The molecule has 1 aromatic heterocycles. The van der Waals surface area contributed by atoms with E-state index in [1.54, 1.807) is 6.08 Å². The summed E-state index contributed by atoms with van der Waals surface area (Å²) in [6.45, 7) is 12.9. The Morgan fingerprint density at radius 2 is 1.88 bits per heavy atom. The molecule has 3 aromatic rings. The van der Waals surface area contributed by atoms with Gasteiger partial charge < -0.3 is 24.1 Å². The predicted molar refractivity (Wildman–Crippen MR) is 158 cm³/mol. The molecule has 3 aliphatic heterocycles. The van der Waals surface area contributed by atoms with E-state index in [1.165, 1.54) is 5.69 Å². The highest BCUT2D eigenvalue weighted by Crippen LogP contribution is 2.34. The number of anilines is 1. The highest BCUT2D eigenvalue weighted by atomic mass is 16.5. The normalized spacial score (nSPS) is 20.2. The van der Waals surface area contributed by atoms with Crippen LogP contribution < -0.4 is 9.64 Å². The molecule has 3 fully saturated rings. The van der Waals surface area contributed by atoms with Gasteiger partial charge in [0.1, 0.15) is 17.9 Å². The summed E-state index contributed by atoms with van der Waals surface area (Å²) in [7, 11) is 0. The van der Waals surface area contributed by atoms with Gasteiger partial charge in [-0.05, 0) is 60.4 Å². The maximum atomic E-state index is 10.00. The van der Waals surface area contributed by atoms with Gasteiger partial charge in [0.25, 0.3) is 0 Å². The van der Waals surface area contributed by atoms with Crippen molar-refractivity contribution >= 4 is 11.3 Å². The van der Waals surface area contributed by atoms with Gasteiger partial charge in [-0.25, -0.2) is 0 Å². The van der Waals surface area contributed by atoms with Gasteiger partial charge in [-0.2, -0.15) is 5.26 Å². The van der Waals surface area contributed by atoms with Crippen LogP contribution in [-0.2, 0) is 9.47 Å². The SMILES string of the molecule is C=C/C=C(/c1ccc(O[C@@H]2CCN(C3COC3)C2)c(C#N)c1)c1cc(-c2ccc(N3CCOCC3)cc2)[nH]c1C. The quantitative estimate of drug-likeness (QED) is 0.401. The minimum atomic E-state index is 0.0887. The molecule has 206 valence electrons. The molecule has 0 spiro atoms. The smallest absolute Gasteiger partial charge is 0.137 e. The molecule has 6 rings (SSSR count). The molecule has 7 heteroatoms. The minimum Gasteiger partial charge on any atom is -0.488 e. The second-order valence-electron chi connectivity index (χ2n) is 10.7. The van der Waals surface area contributed by atoms with Gasteiger partial charge in [-0.1, -0.05) is 36.9 Å². The van der Waals surface area contributed by atoms with E-state index in [0.29, 0.717) is 17.4 Å². The Bertz CT molecular complexity index is 1420. The molecule has 0 bridgehead atoms. The fourth-order valence-corrected chi connectivity index (χ4v) is 5.81. The van der Waals surface area contributed by atoms with Gasteiger partial charge in [-0.15, -0.1) is 0 Å². The zero-order chi connectivity index (χ0) is 27.5. The zero-order valence-electron chi connectivity index (χ0n) is 23.1. The Kier molecular flexibility index (Phi) is 7.74. The van der Waals surface area contributed by atoms with E-state index in [9.17, 15) is 5.26 Å². The maximum absolute atomic E-state index is 10.00. The number of benzene rings is 2. The largest absolute Gasteiger partial charge is 0.488 e. The summed E-state index contributed by atoms with van der Waals surface area (Å²) >= 11 is 0. The van der Waals surface area contributed by atoms with Crippen molar-refractivity contribution in [3.05, 3.63) is 89.6 Å². The van der Waals surface area contributed by atoms with Gasteiger partial charge in [0.2, 0.25) is 0 Å². The summed E-state index contributed by atoms with van der Waals surface area (Å²) < 4.78 is 17.2. The van der Waals surface area contributed by atoms with Crippen molar-refractivity contribution in [2.45, 2.75) is 25.5 Å². The molecule has 0 amide bonds. The lowest BCUT2D eigenvalue weighted by atomic mass is 9.95. The van der Waals surface area contributed by atoms with Gasteiger partial charge in [0.15, 0.2) is 0 Å². The molecule has 40 heavy (non-hydrogen) atoms. The van der Waals surface area contributed by atoms with Crippen molar-refractivity contribution < 1.29 is 14.2 Å². The number of likely N-dealkylation sites (tertiary alicyclic amines) is 1. The number of H-pyrrole nitrogens is 1. The highest BCUT2D eigenvalue weighted by molar-refractivity contribution is 5.85. The molecule has 7 nitrogen and oxygen atoms in total. The van der Waals surface area contributed by atoms with Crippen LogP contribution in [-0.4, -0.2) is 74.6 Å². The van der Waals surface area contributed by atoms with Crippen LogP contribution in [0.4, 0.5) is 5.69 Å². The van der Waals surface area contributed by atoms with Crippen LogP contribution >= 0.6 is 0 Å². The zero-order valence-corrected chi connectivity index (χ0v) is 23.1. The lowest BCUT2D eigenvalue weighted by molar-refractivity contribution is -0.0592. The van der Waals surface area contributed by atoms with Crippen LogP contribution in [0.2, 0.25) is 0 Å². The predicted octanol–water partition coefficient (Wildman–Crippen LogP) is 5.17.